The normalized spacial score (nSPS) is 11.4. The Bertz CT molecular complexity index is 1880. The zero-order valence-electron chi connectivity index (χ0n) is 23.0. The maximum absolute atomic E-state index is 13.6. The van der Waals surface area contributed by atoms with Crippen LogP contribution < -0.4 is 11.1 Å². The largest absolute Gasteiger partial charge is 0.287 e. The summed E-state index contributed by atoms with van der Waals surface area (Å²) in [6, 6.07) is 30.1. The van der Waals surface area contributed by atoms with Crippen LogP contribution >= 0.6 is 46.7 Å². The van der Waals surface area contributed by atoms with Gasteiger partial charge >= 0.3 is 0 Å². The molecule has 0 N–H and O–H groups in total. The Morgan fingerprint density at radius 3 is 1.37 bits per heavy atom. The Kier molecular flexibility index (Phi) is 9.19. The topological polar surface area (TPSA) is 69.8 Å². The molecule has 43 heavy (non-hydrogen) atoms. The van der Waals surface area contributed by atoms with Crippen LogP contribution in [0.4, 0.5) is 0 Å². The lowest BCUT2D eigenvalue weighted by atomic mass is 10.2. The summed E-state index contributed by atoms with van der Waals surface area (Å²) in [7, 11) is 0. The minimum absolute atomic E-state index is 0.0921. The average molecular weight is 646 g/mol. The molecule has 10 heteroatoms. The minimum atomic E-state index is -0.0921. The van der Waals surface area contributed by atoms with Crippen LogP contribution in [0.5, 0.6) is 0 Å². The number of aromatic nitrogens is 4. The lowest BCUT2D eigenvalue weighted by molar-refractivity contribution is 0.489. The molecule has 0 radical (unpaired) electrons. The fourth-order valence-electron chi connectivity index (χ4n) is 4.75. The van der Waals surface area contributed by atoms with E-state index >= 15 is 0 Å². The summed E-state index contributed by atoms with van der Waals surface area (Å²) in [5.41, 5.74) is 3.31. The van der Waals surface area contributed by atoms with E-state index in [-0.39, 0.29) is 11.1 Å². The average Bonchev–Trinajstić information content (AvgIpc) is 3.03. The second kappa shape index (κ2) is 13.4. The number of halogens is 2. The van der Waals surface area contributed by atoms with Gasteiger partial charge in [-0.2, -0.15) is 0 Å². The second-order valence-electron chi connectivity index (χ2n) is 9.92. The van der Waals surface area contributed by atoms with E-state index in [9.17, 15) is 9.59 Å². The Morgan fingerprint density at radius 2 is 0.953 bits per heavy atom. The summed E-state index contributed by atoms with van der Waals surface area (Å²) in [5, 5.41) is 3.78. The monoisotopic (exact) mass is 644 g/mol. The van der Waals surface area contributed by atoms with Gasteiger partial charge in [-0.1, -0.05) is 95.3 Å². The SMILES string of the molecule is O=c1c2ccccc2nc(SCc2ccc(Cl)cc2)n1CCCn1c(SCc2ccc(Cl)cc2)nc2ccccc2c1=O. The molecule has 0 aliphatic heterocycles. The van der Waals surface area contributed by atoms with Crippen molar-refractivity contribution in [3.63, 3.8) is 0 Å². The molecular formula is C33H26Cl2N4O2S2. The van der Waals surface area contributed by atoms with Crippen LogP contribution in [0.3, 0.4) is 0 Å². The molecule has 0 aliphatic carbocycles. The van der Waals surface area contributed by atoms with Crippen molar-refractivity contribution in [2.75, 3.05) is 0 Å². The van der Waals surface area contributed by atoms with Gasteiger partial charge < -0.3 is 0 Å². The van der Waals surface area contributed by atoms with Gasteiger partial charge in [-0.3, -0.25) is 18.7 Å². The van der Waals surface area contributed by atoms with Gasteiger partial charge in [-0.15, -0.1) is 0 Å². The molecule has 0 aliphatic rings. The first-order valence-electron chi connectivity index (χ1n) is 13.7. The Balaban J connectivity index is 1.28. The fraction of sp³-hybridized carbons (Fsp3) is 0.152. The van der Waals surface area contributed by atoms with E-state index in [1.807, 2.05) is 84.9 Å². The van der Waals surface area contributed by atoms with E-state index in [0.29, 0.717) is 73.2 Å². The Labute approximate surface area is 266 Å². The molecule has 2 aromatic heterocycles. The van der Waals surface area contributed by atoms with Crippen molar-refractivity contribution in [1.29, 1.82) is 0 Å². The van der Waals surface area contributed by atoms with Crippen LogP contribution in [0.25, 0.3) is 21.8 Å². The summed E-state index contributed by atoms with van der Waals surface area (Å²) in [6.45, 7) is 0.806. The van der Waals surface area contributed by atoms with Gasteiger partial charge in [0.2, 0.25) is 0 Å². The highest BCUT2D eigenvalue weighted by Gasteiger charge is 2.15. The van der Waals surface area contributed by atoms with Gasteiger partial charge in [0, 0.05) is 34.6 Å². The second-order valence-corrected chi connectivity index (χ2v) is 12.7. The minimum Gasteiger partial charge on any atom is -0.287 e. The quantitative estimate of drug-likeness (QED) is 0.111. The highest BCUT2D eigenvalue weighted by molar-refractivity contribution is 7.98. The predicted octanol–water partition coefficient (Wildman–Crippen LogP) is 8.09. The molecule has 6 aromatic rings. The number of hydrogen-bond donors (Lipinski definition) is 0. The van der Waals surface area contributed by atoms with Gasteiger partial charge in [0.1, 0.15) is 0 Å². The zero-order valence-corrected chi connectivity index (χ0v) is 26.1. The standard InChI is InChI=1S/C33H26Cl2N4O2S2/c34-24-14-10-22(11-15-24)20-42-32-36-28-8-3-1-6-26(28)30(40)38(32)18-5-19-39-31(41)27-7-2-4-9-29(27)37-33(39)43-21-23-12-16-25(35)17-13-23/h1-4,6-17H,5,18-21H2. The van der Waals surface area contributed by atoms with Crippen LogP contribution in [0.1, 0.15) is 17.5 Å². The zero-order chi connectivity index (χ0) is 29.8. The number of hydrogen-bond acceptors (Lipinski definition) is 6. The number of thioether (sulfide) groups is 2. The summed E-state index contributed by atoms with van der Waals surface area (Å²) in [5.74, 6) is 1.28. The van der Waals surface area contributed by atoms with E-state index in [1.54, 1.807) is 21.3 Å². The maximum atomic E-state index is 13.6. The van der Waals surface area contributed by atoms with Gasteiger partial charge in [0.15, 0.2) is 10.3 Å². The molecule has 0 saturated carbocycles. The van der Waals surface area contributed by atoms with E-state index in [4.69, 9.17) is 33.2 Å². The molecule has 0 spiro atoms. The van der Waals surface area contributed by atoms with Crippen molar-refractivity contribution in [2.45, 2.75) is 41.3 Å². The number of fused-ring (bicyclic) bond motifs is 2. The first-order chi connectivity index (χ1) is 21.0. The summed E-state index contributed by atoms with van der Waals surface area (Å²) >= 11 is 15.1. The number of benzene rings is 4. The fourth-order valence-corrected chi connectivity index (χ4v) is 6.97. The van der Waals surface area contributed by atoms with Crippen LogP contribution in [-0.2, 0) is 24.6 Å². The molecular weight excluding hydrogens is 619 g/mol. The number of rotatable bonds is 10. The molecule has 6 nitrogen and oxygen atoms in total. The smallest absolute Gasteiger partial charge is 0.262 e. The van der Waals surface area contributed by atoms with E-state index < -0.39 is 0 Å². The lowest BCUT2D eigenvalue weighted by Gasteiger charge is -2.16. The third kappa shape index (κ3) is 6.83. The van der Waals surface area contributed by atoms with Crippen LogP contribution in [0.15, 0.2) is 117 Å². The predicted molar refractivity (Wildman–Crippen MR) is 179 cm³/mol. The molecule has 0 bridgehead atoms. The molecule has 2 heterocycles. The first kappa shape index (κ1) is 29.5. The van der Waals surface area contributed by atoms with Gasteiger partial charge in [-0.05, 0) is 66.1 Å². The third-order valence-electron chi connectivity index (χ3n) is 6.98. The summed E-state index contributed by atoms with van der Waals surface area (Å²) in [4.78, 5) is 37.0. The molecule has 6 rings (SSSR count). The molecule has 0 saturated heterocycles. The molecule has 0 amide bonds. The highest BCUT2D eigenvalue weighted by Crippen LogP contribution is 2.25. The maximum Gasteiger partial charge on any atom is 0.262 e. The van der Waals surface area contributed by atoms with E-state index in [0.717, 1.165) is 11.1 Å². The van der Waals surface area contributed by atoms with Gasteiger partial charge in [-0.25, -0.2) is 9.97 Å². The van der Waals surface area contributed by atoms with Crippen LogP contribution in [0, 0.1) is 0 Å². The lowest BCUT2D eigenvalue weighted by Crippen LogP contribution is -2.27. The third-order valence-corrected chi connectivity index (χ3v) is 9.58. The van der Waals surface area contributed by atoms with Crippen LogP contribution in [0.2, 0.25) is 10.0 Å². The van der Waals surface area contributed by atoms with E-state index in [1.165, 1.54) is 23.5 Å². The van der Waals surface area contributed by atoms with Crippen molar-refractivity contribution in [3.05, 3.63) is 139 Å². The van der Waals surface area contributed by atoms with Crippen molar-refractivity contribution < 1.29 is 0 Å². The van der Waals surface area contributed by atoms with Gasteiger partial charge in [0.05, 0.1) is 21.8 Å². The van der Waals surface area contributed by atoms with Crippen molar-refractivity contribution in [2.24, 2.45) is 0 Å². The molecule has 216 valence electrons. The molecule has 4 aromatic carbocycles. The number of nitrogens with zero attached hydrogens (tertiary/aromatic N) is 4. The summed E-state index contributed by atoms with van der Waals surface area (Å²) < 4.78 is 3.45. The number of para-hydroxylation sites is 2. The highest BCUT2D eigenvalue weighted by atomic mass is 35.5. The van der Waals surface area contributed by atoms with Crippen molar-refractivity contribution >= 4 is 68.5 Å². The first-order valence-corrected chi connectivity index (χ1v) is 16.4. The van der Waals surface area contributed by atoms with E-state index in [2.05, 4.69) is 0 Å². The van der Waals surface area contributed by atoms with Crippen molar-refractivity contribution in [1.82, 2.24) is 19.1 Å². The molecule has 0 unspecified atom stereocenters. The Morgan fingerprint density at radius 1 is 0.558 bits per heavy atom. The van der Waals surface area contributed by atoms with Crippen LogP contribution in [-0.4, -0.2) is 19.1 Å². The van der Waals surface area contributed by atoms with Gasteiger partial charge in [0.25, 0.3) is 11.1 Å². The summed E-state index contributed by atoms with van der Waals surface area (Å²) in [6.07, 6.45) is 0.545. The molecule has 0 fully saturated rings. The van der Waals surface area contributed by atoms with Crippen molar-refractivity contribution in [3.8, 4) is 0 Å². The molecule has 0 atom stereocenters. The Hall–Kier alpha value is -3.56.